The van der Waals surface area contributed by atoms with Crippen LogP contribution in [0.4, 0.5) is 10.1 Å². The first-order valence-electron chi connectivity index (χ1n) is 5.70. The van der Waals surface area contributed by atoms with Crippen molar-refractivity contribution in [1.82, 2.24) is 0 Å². The summed E-state index contributed by atoms with van der Waals surface area (Å²) in [5.74, 6) is 0.458. The Hall–Kier alpha value is -1.59. The zero-order valence-electron chi connectivity index (χ0n) is 10.3. The van der Waals surface area contributed by atoms with E-state index in [1.165, 1.54) is 12.1 Å². The van der Waals surface area contributed by atoms with E-state index in [1.54, 1.807) is 24.3 Å². The third-order valence-corrected chi connectivity index (χ3v) is 3.12. The molecule has 0 amide bonds. The van der Waals surface area contributed by atoms with Gasteiger partial charge in [0.15, 0.2) is 11.6 Å². The van der Waals surface area contributed by atoms with E-state index >= 15 is 0 Å². The van der Waals surface area contributed by atoms with Crippen LogP contribution in [0, 0.1) is 5.82 Å². The zero-order valence-corrected chi connectivity index (χ0v) is 12.7. The Bertz CT molecular complexity index is 649. The van der Waals surface area contributed by atoms with Crippen molar-refractivity contribution in [3.63, 3.8) is 0 Å². The molecule has 6 heteroatoms. The van der Waals surface area contributed by atoms with Gasteiger partial charge < -0.3 is 10.5 Å². The van der Waals surface area contributed by atoms with Crippen molar-refractivity contribution in [3.05, 3.63) is 52.8 Å². The van der Waals surface area contributed by atoms with Gasteiger partial charge in [0.05, 0.1) is 11.6 Å². The van der Waals surface area contributed by atoms with E-state index in [9.17, 15) is 4.39 Å². The Morgan fingerprint density at radius 3 is 2.75 bits per heavy atom. The van der Waals surface area contributed by atoms with Crippen LogP contribution in [0.15, 0.2) is 51.9 Å². The second-order valence-electron chi connectivity index (χ2n) is 3.91. The Kier molecular flexibility index (Phi) is 4.98. The quantitative estimate of drug-likeness (QED) is 0.493. The molecule has 0 aromatic heterocycles. The van der Waals surface area contributed by atoms with Crippen molar-refractivity contribution in [1.29, 1.82) is 0 Å². The molecule has 2 aromatic rings. The number of nitrogens with two attached hydrogens (primary N) is 1. The van der Waals surface area contributed by atoms with Crippen molar-refractivity contribution < 1.29 is 9.13 Å². The first kappa shape index (κ1) is 14.8. The maximum Gasteiger partial charge on any atom is 0.167 e. The molecule has 0 spiro atoms. The van der Waals surface area contributed by atoms with E-state index in [-0.39, 0.29) is 17.5 Å². The Morgan fingerprint density at radius 2 is 2.10 bits per heavy atom. The van der Waals surface area contributed by atoms with Crippen molar-refractivity contribution in [2.24, 2.45) is 10.7 Å². The highest BCUT2D eigenvalue weighted by atomic mass is 79.9. The standard InChI is InChI=1S/C14H11BrClFN2O/c15-9-2-1-3-11(6-9)20-13-5-4-10(7-12(13)17)19-14(18)8-16/h1-7H,8H2,(H2,18,19). The normalized spacial score (nSPS) is 11.4. The Balaban J connectivity index is 2.22. The lowest BCUT2D eigenvalue weighted by atomic mass is 10.3. The lowest BCUT2D eigenvalue weighted by Gasteiger charge is -2.07. The second kappa shape index (κ2) is 6.72. The van der Waals surface area contributed by atoms with Gasteiger partial charge in [-0.05, 0) is 30.3 Å². The summed E-state index contributed by atoms with van der Waals surface area (Å²) in [7, 11) is 0. The van der Waals surface area contributed by atoms with Gasteiger partial charge in [0.2, 0.25) is 0 Å². The first-order valence-corrected chi connectivity index (χ1v) is 7.03. The predicted molar refractivity (Wildman–Crippen MR) is 82.6 cm³/mol. The number of aliphatic imine (C=N–C) groups is 1. The van der Waals surface area contributed by atoms with Gasteiger partial charge in [-0.1, -0.05) is 22.0 Å². The topological polar surface area (TPSA) is 47.6 Å². The van der Waals surface area contributed by atoms with Crippen LogP contribution >= 0.6 is 27.5 Å². The van der Waals surface area contributed by atoms with Crippen molar-refractivity contribution >= 4 is 39.1 Å². The summed E-state index contributed by atoms with van der Waals surface area (Å²) < 4.78 is 20.2. The molecule has 0 radical (unpaired) electrons. The molecule has 0 aliphatic heterocycles. The van der Waals surface area contributed by atoms with E-state index in [0.29, 0.717) is 11.4 Å². The summed E-state index contributed by atoms with van der Waals surface area (Å²) in [6, 6.07) is 11.5. The molecule has 0 saturated heterocycles. The van der Waals surface area contributed by atoms with Gasteiger partial charge in [0.1, 0.15) is 11.6 Å². The fraction of sp³-hybridized carbons (Fsp3) is 0.0714. The molecular formula is C14H11BrClFN2O. The van der Waals surface area contributed by atoms with E-state index in [4.69, 9.17) is 22.1 Å². The zero-order chi connectivity index (χ0) is 14.5. The third-order valence-electron chi connectivity index (χ3n) is 2.35. The lowest BCUT2D eigenvalue weighted by molar-refractivity contribution is 0.442. The Labute approximate surface area is 129 Å². The smallest absolute Gasteiger partial charge is 0.167 e. The molecule has 0 saturated carbocycles. The van der Waals surface area contributed by atoms with Crippen molar-refractivity contribution in [2.75, 3.05) is 5.88 Å². The number of ether oxygens (including phenoxy) is 1. The van der Waals surface area contributed by atoms with Gasteiger partial charge in [-0.15, -0.1) is 11.6 Å². The van der Waals surface area contributed by atoms with Gasteiger partial charge in [0.25, 0.3) is 0 Å². The molecule has 2 N–H and O–H groups in total. The van der Waals surface area contributed by atoms with Gasteiger partial charge >= 0.3 is 0 Å². The minimum Gasteiger partial charge on any atom is -0.454 e. The second-order valence-corrected chi connectivity index (χ2v) is 5.09. The van der Waals surface area contributed by atoms with Gasteiger partial charge in [-0.3, -0.25) is 0 Å². The molecule has 2 aromatic carbocycles. The molecule has 104 valence electrons. The van der Waals surface area contributed by atoms with Crippen LogP contribution < -0.4 is 10.5 Å². The van der Waals surface area contributed by atoms with E-state index < -0.39 is 5.82 Å². The molecule has 20 heavy (non-hydrogen) atoms. The van der Waals surface area contributed by atoms with Crippen LogP contribution in [0.2, 0.25) is 0 Å². The summed E-state index contributed by atoms with van der Waals surface area (Å²) in [5.41, 5.74) is 5.88. The summed E-state index contributed by atoms with van der Waals surface area (Å²) >= 11 is 8.84. The number of amidine groups is 1. The molecule has 0 atom stereocenters. The fourth-order valence-corrected chi connectivity index (χ4v) is 1.93. The van der Waals surface area contributed by atoms with Crippen LogP contribution in [-0.4, -0.2) is 11.7 Å². The number of halogens is 3. The third kappa shape index (κ3) is 3.95. The molecule has 0 aliphatic carbocycles. The number of nitrogens with zero attached hydrogens (tertiary/aromatic N) is 1. The van der Waals surface area contributed by atoms with Crippen LogP contribution in [-0.2, 0) is 0 Å². The number of hydrogen-bond donors (Lipinski definition) is 1. The molecule has 0 fully saturated rings. The molecule has 0 bridgehead atoms. The average molecular weight is 358 g/mol. The minimum atomic E-state index is -0.520. The largest absolute Gasteiger partial charge is 0.454 e. The van der Waals surface area contributed by atoms with E-state index in [1.807, 2.05) is 6.07 Å². The number of rotatable bonds is 4. The van der Waals surface area contributed by atoms with Gasteiger partial charge in [-0.25, -0.2) is 9.38 Å². The molecule has 0 unspecified atom stereocenters. The predicted octanol–water partition coefficient (Wildman–Crippen LogP) is 4.61. The Morgan fingerprint density at radius 1 is 1.30 bits per heavy atom. The van der Waals surface area contributed by atoms with Crippen LogP contribution in [0.1, 0.15) is 0 Å². The molecule has 0 aliphatic rings. The minimum absolute atomic E-state index is 0.0952. The first-order chi connectivity index (χ1) is 9.58. The summed E-state index contributed by atoms with van der Waals surface area (Å²) in [5, 5.41) is 0. The summed E-state index contributed by atoms with van der Waals surface area (Å²) in [6.45, 7) is 0. The number of hydrogen-bond acceptors (Lipinski definition) is 2. The van der Waals surface area contributed by atoms with Gasteiger partial charge in [0, 0.05) is 10.5 Å². The maximum absolute atomic E-state index is 13.9. The molecule has 2 rings (SSSR count). The number of alkyl halides is 1. The lowest BCUT2D eigenvalue weighted by Crippen LogP contribution is -2.12. The van der Waals surface area contributed by atoms with Crippen molar-refractivity contribution in [2.45, 2.75) is 0 Å². The fourth-order valence-electron chi connectivity index (χ4n) is 1.50. The molecule has 0 heterocycles. The van der Waals surface area contributed by atoms with E-state index in [2.05, 4.69) is 20.9 Å². The van der Waals surface area contributed by atoms with Crippen LogP contribution in [0.5, 0.6) is 11.5 Å². The van der Waals surface area contributed by atoms with E-state index in [0.717, 1.165) is 4.47 Å². The summed E-state index contributed by atoms with van der Waals surface area (Å²) in [6.07, 6.45) is 0. The number of benzene rings is 2. The SMILES string of the molecule is NC(CCl)=Nc1ccc(Oc2cccc(Br)c2)c(F)c1. The highest BCUT2D eigenvalue weighted by Crippen LogP contribution is 2.29. The van der Waals surface area contributed by atoms with Crippen molar-refractivity contribution in [3.8, 4) is 11.5 Å². The maximum atomic E-state index is 13.9. The highest BCUT2D eigenvalue weighted by Gasteiger charge is 2.06. The van der Waals surface area contributed by atoms with Crippen LogP contribution in [0.3, 0.4) is 0 Å². The average Bonchev–Trinajstić information content (AvgIpc) is 2.42. The molecule has 3 nitrogen and oxygen atoms in total. The van der Waals surface area contributed by atoms with Gasteiger partial charge in [-0.2, -0.15) is 0 Å². The summed E-state index contributed by atoms with van der Waals surface area (Å²) in [4.78, 5) is 3.96. The van der Waals surface area contributed by atoms with Crippen LogP contribution in [0.25, 0.3) is 0 Å². The monoisotopic (exact) mass is 356 g/mol. The highest BCUT2D eigenvalue weighted by molar-refractivity contribution is 9.10. The molecular weight excluding hydrogens is 347 g/mol.